The van der Waals surface area contributed by atoms with Gasteiger partial charge in [-0.25, -0.2) is 9.37 Å². The molecule has 168 valence electrons. The van der Waals surface area contributed by atoms with Crippen molar-refractivity contribution in [2.75, 3.05) is 7.11 Å². The summed E-state index contributed by atoms with van der Waals surface area (Å²) in [5.41, 5.74) is 1.93. The number of methoxy groups -OCH3 is 1. The van der Waals surface area contributed by atoms with Crippen LogP contribution in [0.3, 0.4) is 0 Å². The molecule has 0 spiro atoms. The van der Waals surface area contributed by atoms with E-state index in [0.29, 0.717) is 28.2 Å². The standard InChI is InChI=1S/C24H18BrFIN3O3/c1-14-29-21-8-5-17(25)11-19(21)24(31)30(14)28-12-16-9-20(27)23(22(10-16)32-2)33-13-15-3-6-18(26)7-4-15/h3-12H,13H2,1-2H3. The molecule has 0 N–H and O–H groups in total. The molecule has 0 amide bonds. The van der Waals surface area contributed by atoms with Gasteiger partial charge in [-0.15, -0.1) is 0 Å². The fourth-order valence-corrected chi connectivity index (χ4v) is 4.35. The van der Waals surface area contributed by atoms with Crippen LogP contribution < -0.4 is 15.0 Å². The van der Waals surface area contributed by atoms with Crippen molar-refractivity contribution in [2.24, 2.45) is 5.10 Å². The zero-order chi connectivity index (χ0) is 23.5. The van der Waals surface area contributed by atoms with E-state index < -0.39 is 0 Å². The second kappa shape index (κ2) is 10.0. The Morgan fingerprint density at radius 3 is 2.67 bits per heavy atom. The number of aromatic nitrogens is 2. The Morgan fingerprint density at radius 1 is 1.18 bits per heavy atom. The molecule has 0 aliphatic rings. The van der Waals surface area contributed by atoms with Crippen LogP contribution in [0.15, 0.2) is 69.0 Å². The highest BCUT2D eigenvalue weighted by Crippen LogP contribution is 2.34. The third kappa shape index (κ3) is 5.25. The van der Waals surface area contributed by atoms with Gasteiger partial charge in [-0.1, -0.05) is 28.1 Å². The molecule has 1 aromatic heterocycles. The molecule has 0 unspecified atom stereocenters. The first-order valence-electron chi connectivity index (χ1n) is 9.84. The van der Waals surface area contributed by atoms with Crippen molar-refractivity contribution in [3.63, 3.8) is 0 Å². The number of hydrogen-bond donors (Lipinski definition) is 0. The van der Waals surface area contributed by atoms with Crippen molar-refractivity contribution in [1.82, 2.24) is 9.66 Å². The fraction of sp³-hybridized carbons (Fsp3) is 0.125. The highest BCUT2D eigenvalue weighted by atomic mass is 127. The van der Waals surface area contributed by atoms with Crippen LogP contribution in [0, 0.1) is 16.3 Å². The third-order valence-corrected chi connectivity index (χ3v) is 6.14. The van der Waals surface area contributed by atoms with Gasteiger partial charge in [0.15, 0.2) is 11.5 Å². The van der Waals surface area contributed by atoms with E-state index in [1.165, 1.54) is 16.8 Å². The Morgan fingerprint density at radius 2 is 1.94 bits per heavy atom. The Balaban J connectivity index is 1.63. The molecule has 33 heavy (non-hydrogen) atoms. The maximum Gasteiger partial charge on any atom is 0.282 e. The van der Waals surface area contributed by atoms with Crippen molar-refractivity contribution >= 4 is 55.6 Å². The van der Waals surface area contributed by atoms with E-state index in [9.17, 15) is 9.18 Å². The maximum atomic E-state index is 13.1. The molecule has 0 saturated heterocycles. The molecule has 0 bridgehead atoms. The topological polar surface area (TPSA) is 65.7 Å². The predicted octanol–water partition coefficient (Wildman–Crippen LogP) is 5.68. The minimum absolute atomic E-state index is 0.254. The maximum absolute atomic E-state index is 13.1. The molecule has 3 aromatic carbocycles. The van der Waals surface area contributed by atoms with Gasteiger partial charge in [-0.05, 0) is 83.1 Å². The summed E-state index contributed by atoms with van der Waals surface area (Å²) in [6.45, 7) is 2.00. The van der Waals surface area contributed by atoms with E-state index in [1.807, 2.05) is 12.1 Å². The van der Waals surface area contributed by atoms with E-state index in [-0.39, 0.29) is 18.0 Å². The van der Waals surface area contributed by atoms with Crippen LogP contribution >= 0.6 is 38.5 Å². The van der Waals surface area contributed by atoms with Gasteiger partial charge in [0.05, 0.1) is 27.8 Å². The summed E-state index contributed by atoms with van der Waals surface area (Å²) < 4.78 is 27.4. The first-order chi connectivity index (χ1) is 15.9. The van der Waals surface area contributed by atoms with Gasteiger partial charge >= 0.3 is 0 Å². The molecule has 4 rings (SSSR count). The Hall–Kier alpha value is -2.79. The summed E-state index contributed by atoms with van der Waals surface area (Å²) in [6, 6.07) is 15.1. The first kappa shape index (κ1) is 23.4. The number of hydrogen-bond acceptors (Lipinski definition) is 5. The van der Waals surface area contributed by atoms with Crippen molar-refractivity contribution in [3.8, 4) is 11.5 Å². The highest BCUT2D eigenvalue weighted by Gasteiger charge is 2.12. The van der Waals surface area contributed by atoms with Gasteiger partial charge in [-0.3, -0.25) is 4.79 Å². The molecular weight excluding hydrogens is 604 g/mol. The Bertz CT molecular complexity index is 1420. The summed E-state index contributed by atoms with van der Waals surface area (Å²) in [5.74, 6) is 1.28. The number of nitrogens with zero attached hydrogens (tertiary/aromatic N) is 3. The van der Waals surface area contributed by atoms with Crippen LogP contribution in [0.2, 0.25) is 0 Å². The number of ether oxygens (including phenoxy) is 2. The fourth-order valence-electron chi connectivity index (χ4n) is 3.21. The molecule has 0 fully saturated rings. The van der Waals surface area contributed by atoms with Crippen LogP contribution in [0.1, 0.15) is 17.0 Å². The molecule has 4 aromatic rings. The number of rotatable bonds is 6. The molecule has 1 heterocycles. The van der Waals surface area contributed by atoms with Crippen molar-refractivity contribution in [1.29, 1.82) is 0 Å². The van der Waals surface area contributed by atoms with Crippen LogP contribution in [-0.4, -0.2) is 23.0 Å². The number of fused-ring (bicyclic) bond motifs is 1. The zero-order valence-corrected chi connectivity index (χ0v) is 21.4. The lowest BCUT2D eigenvalue weighted by Crippen LogP contribution is -2.20. The molecule has 0 radical (unpaired) electrons. The number of aryl methyl sites for hydroxylation is 1. The number of benzene rings is 3. The summed E-state index contributed by atoms with van der Waals surface area (Å²) in [7, 11) is 1.55. The Kier molecular flexibility index (Phi) is 7.08. The average molecular weight is 622 g/mol. The lowest BCUT2D eigenvalue weighted by atomic mass is 10.2. The van der Waals surface area contributed by atoms with Gasteiger partial charge in [0, 0.05) is 4.47 Å². The van der Waals surface area contributed by atoms with Gasteiger partial charge in [0.1, 0.15) is 18.2 Å². The first-order valence-corrected chi connectivity index (χ1v) is 11.7. The van der Waals surface area contributed by atoms with E-state index in [0.717, 1.165) is 19.2 Å². The minimum Gasteiger partial charge on any atom is -0.493 e. The minimum atomic E-state index is -0.293. The van der Waals surface area contributed by atoms with E-state index in [2.05, 4.69) is 48.6 Å². The monoisotopic (exact) mass is 621 g/mol. The molecule has 0 aliphatic heterocycles. The van der Waals surface area contributed by atoms with Gasteiger partial charge in [0.2, 0.25) is 0 Å². The zero-order valence-electron chi connectivity index (χ0n) is 17.7. The SMILES string of the molecule is COc1cc(C=Nn2c(C)nc3ccc(Br)cc3c2=O)cc(I)c1OCc1ccc(F)cc1. The normalized spacial score (nSPS) is 11.3. The van der Waals surface area contributed by atoms with Crippen molar-refractivity contribution in [3.05, 3.63) is 95.8 Å². The second-order valence-corrected chi connectivity index (χ2v) is 9.21. The summed E-state index contributed by atoms with van der Waals surface area (Å²) in [5, 5.41) is 4.85. The van der Waals surface area contributed by atoms with Crippen LogP contribution in [-0.2, 0) is 6.61 Å². The highest BCUT2D eigenvalue weighted by molar-refractivity contribution is 14.1. The summed E-state index contributed by atoms with van der Waals surface area (Å²) in [6.07, 6.45) is 1.58. The summed E-state index contributed by atoms with van der Waals surface area (Å²) in [4.78, 5) is 17.4. The van der Waals surface area contributed by atoms with Crippen molar-refractivity contribution in [2.45, 2.75) is 13.5 Å². The molecule has 0 saturated carbocycles. The molecule has 0 atom stereocenters. The average Bonchev–Trinajstić information content (AvgIpc) is 2.79. The Labute approximate surface area is 211 Å². The van der Waals surface area contributed by atoms with Gasteiger partial charge in [-0.2, -0.15) is 9.78 Å². The second-order valence-electron chi connectivity index (χ2n) is 7.13. The smallest absolute Gasteiger partial charge is 0.282 e. The predicted molar refractivity (Wildman–Crippen MR) is 138 cm³/mol. The lowest BCUT2D eigenvalue weighted by molar-refractivity contribution is 0.282. The van der Waals surface area contributed by atoms with Crippen LogP contribution in [0.4, 0.5) is 4.39 Å². The summed E-state index contributed by atoms with van der Waals surface area (Å²) >= 11 is 5.54. The lowest BCUT2D eigenvalue weighted by Gasteiger charge is -2.13. The van der Waals surface area contributed by atoms with E-state index >= 15 is 0 Å². The van der Waals surface area contributed by atoms with Crippen LogP contribution in [0.5, 0.6) is 11.5 Å². The molecular formula is C24H18BrFIN3O3. The van der Waals surface area contributed by atoms with E-state index in [4.69, 9.17) is 9.47 Å². The van der Waals surface area contributed by atoms with Gasteiger partial charge < -0.3 is 9.47 Å². The quantitative estimate of drug-likeness (QED) is 0.205. The molecule has 6 nitrogen and oxygen atoms in total. The van der Waals surface area contributed by atoms with Crippen molar-refractivity contribution < 1.29 is 13.9 Å². The van der Waals surface area contributed by atoms with E-state index in [1.54, 1.807) is 50.6 Å². The van der Waals surface area contributed by atoms with Gasteiger partial charge in [0.25, 0.3) is 5.56 Å². The number of halogens is 3. The molecule has 0 aliphatic carbocycles. The van der Waals surface area contributed by atoms with Crippen LogP contribution in [0.25, 0.3) is 10.9 Å². The third-order valence-electron chi connectivity index (χ3n) is 4.84. The molecule has 9 heteroatoms. The largest absolute Gasteiger partial charge is 0.493 e.